The standard InChI is InChI=1S/C41H60O11/c1-27(2)21-34(44)29(4)25-49-39(46)33(43)18-13-14-19-36-40(6,26-42)37-23-31(51-36)16-10-7-9-15-28(3)22-35-30(5)41(47,48)24-32(50-35)17-11-8-12-20-38(45)52-37/h8-16,20,22,27,30-37,42-44,47-48H,4,7,17-19,21,23-26H2,1-3,5-6H3/b11-8+,14-13-,15-9+,16-10+,20-12+,28-22-/t30-,31-,32+,33?,34?,35-,36+,37-,40+/m1/s1. The second kappa shape index (κ2) is 20.3. The minimum absolute atomic E-state index is 0.0178. The summed E-state index contributed by atoms with van der Waals surface area (Å²) in [7, 11) is 0. The van der Waals surface area contributed by atoms with Gasteiger partial charge < -0.3 is 44.5 Å². The highest BCUT2D eigenvalue weighted by Crippen LogP contribution is 2.41. The van der Waals surface area contributed by atoms with Crippen molar-refractivity contribution in [3.8, 4) is 0 Å². The van der Waals surface area contributed by atoms with Gasteiger partial charge in [-0.15, -0.1) is 0 Å². The summed E-state index contributed by atoms with van der Waals surface area (Å²) < 4.78 is 23.7. The molecule has 0 saturated carbocycles. The second-order valence-electron chi connectivity index (χ2n) is 15.0. The average Bonchev–Trinajstić information content (AvgIpc) is 3.07. The molecule has 4 bridgehead atoms. The number of rotatable bonds is 11. The Bertz CT molecular complexity index is 1370. The molecule has 3 heterocycles. The second-order valence-corrected chi connectivity index (χ2v) is 15.0. The highest BCUT2D eigenvalue weighted by atomic mass is 16.6. The van der Waals surface area contributed by atoms with Crippen molar-refractivity contribution >= 4 is 11.9 Å². The van der Waals surface area contributed by atoms with Gasteiger partial charge in [-0.2, -0.15) is 0 Å². The van der Waals surface area contributed by atoms with Crippen LogP contribution in [0.4, 0.5) is 0 Å². The number of carbonyl (C=O) groups excluding carboxylic acids is 2. The minimum Gasteiger partial charge on any atom is -0.459 e. The molecule has 0 aromatic rings. The van der Waals surface area contributed by atoms with Crippen LogP contribution in [0.5, 0.6) is 0 Å². The van der Waals surface area contributed by atoms with Crippen molar-refractivity contribution in [2.45, 2.75) is 128 Å². The first-order chi connectivity index (χ1) is 24.5. The molecule has 2 fully saturated rings. The van der Waals surface area contributed by atoms with Gasteiger partial charge >= 0.3 is 11.9 Å². The average molecular weight is 729 g/mol. The quantitative estimate of drug-likeness (QED) is 0.114. The van der Waals surface area contributed by atoms with Crippen molar-refractivity contribution in [1.29, 1.82) is 0 Å². The van der Waals surface area contributed by atoms with Crippen LogP contribution >= 0.6 is 0 Å². The van der Waals surface area contributed by atoms with E-state index in [4.69, 9.17) is 18.9 Å². The molecule has 9 atom stereocenters. The lowest BCUT2D eigenvalue weighted by molar-refractivity contribution is -0.270. The number of hydrogen-bond acceptors (Lipinski definition) is 11. The van der Waals surface area contributed by atoms with Crippen molar-refractivity contribution < 1.29 is 54.1 Å². The van der Waals surface area contributed by atoms with Crippen LogP contribution in [0, 0.1) is 17.3 Å². The largest absolute Gasteiger partial charge is 0.459 e. The molecule has 5 N–H and O–H groups in total. The molecule has 11 nitrogen and oxygen atoms in total. The zero-order valence-electron chi connectivity index (χ0n) is 31.3. The fourth-order valence-electron chi connectivity index (χ4n) is 6.45. The van der Waals surface area contributed by atoms with Gasteiger partial charge in [0.1, 0.15) is 12.7 Å². The number of hydrogen-bond donors (Lipinski definition) is 5. The zero-order chi connectivity index (χ0) is 38.5. The predicted molar refractivity (Wildman–Crippen MR) is 197 cm³/mol. The first kappa shape index (κ1) is 43.2. The Kier molecular flexibility index (Phi) is 16.9. The van der Waals surface area contributed by atoms with Gasteiger partial charge in [-0.25, -0.2) is 9.59 Å². The van der Waals surface area contributed by atoms with E-state index in [9.17, 15) is 35.1 Å². The third kappa shape index (κ3) is 13.1. The van der Waals surface area contributed by atoms with Gasteiger partial charge in [-0.1, -0.05) is 101 Å². The lowest BCUT2D eigenvalue weighted by atomic mass is 9.73. The number of esters is 2. The van der Waals surface area contributed by atoms with E-state index in [1.807, 2.05) is 51.2 Å². The smallest absolute Gasteiger partial charge is 0.335 e. The van der Waals surface area contributed by atoms with Crippen LogP contribution in [0.15, 0.2) is 84.6 Å². The van der Waals surface area contributed by atoms with Crippen LogP contribution < -0.4 is 0 Å². The summed E-state index contributed by atoms with van der Waals surface area (Å²) in [5, 5.41) is 52.4. The lowest BCUT2D eigenvalue weighted by Crippen LogP contribution is -2.55. The Morgan fingerprint density at radius 2 is 1.85 bits per heavy atom. The number of aliphatic hydroxyl groups excluding tert-OH is 3. The molecule has 2 unspecified atom stereocenters. The molecular formula is C41H60O11. The molecule has 0 amide bonds. The van der Waals surface area contributed by atoms with Crippen molar-refractivity contribution in [2.75, 3.05) is 13.2 Å². The number of carbonyl (C=O) groups is 2. The van der Waals surface area contributed by atoms with Crippen LogP contribution in [0.3, 0.4) is 0 Å². The van der Waals surface area contributed by atoms with E-state index >= 15 is 0 Å². The number of aliphatic hydroxyl groups is 5. The maximum atomic E-state index is 13.0. The van der Waals surface area contributed by atoms with E-state index < -0.39 is 71.8 Å². The van der Waals surface area contributed by atoms with Gasteiger partial charge in [0.2, 0.25) is 0 Å². The Labute approximate surface area is 308 Å². The van der Waals surface area contributed by atoms with Crippen LogP contribution in [-0.4, -0.2) is 99.2 Å². The van der Waals surface area contributed by atoms with Crippen LogP contribution in [0.1, 0.15) is 79.6 Å². The summed E-state index contributed by atoms with van der Waals surface area (Å²) in [5.41, 5.74) is 0.325. The first-order valence-corrected chi connectivity index (χ1v) is 18.3. The van der Waals surface area contributed by atoms with Crippen LogP contribution in [0.25, 0.3) is 0 Å². The predicted octanol–water partition coefficient (Wildman–Crippen LogP) is 4.70. The molecule has 0 radical (unpaired) electrons. The summed E-state index contributed by atoms with van der Waals surface area (Å²) >= 11 is 0. The van der Waals surface area contributed by atoms with E-state index in [0.29, 0.717) is 37.7 Å². The molecule has 0 spiro atoms. The fourth-order valence-corrected chi connectivity index (χ4v) is 6.45. The van der Waals surface area contributed by atoms with Gasteiger partial charge in [0.15, 0.2) is 11.9 Å². The van der Waals surface area contributed by atoms with Gasteiger partial charge in [0.25, 0.3) is 0 Å². The third-order valence-electron chi connectivity index (χ3n) is 9.98. The number of ether oxygens (including phenoxy) is 4. The molecule has 11 heteroatoms. The highest BCUT2D eigenvalue weighted by molar-refractivity contribution is 5.82. The monoisotopic (exact) mass is 728 g/mol. The molecule has 0 aliphatic carbocycles. The van der Waals surface area contributed by atoms with Crippen LogP contribution in [0.2, 0.25) is 0 Å². The molecule has 52 heavy (non-hydrogen) atoms. The maximum absolute atomic E-state index is 13.0. The molecule has 3 aliphatic heterocycles. The Hall–Kier alpha value is -3.16. The van der Waals surface area contributed by atoms with Crippen LogP contribution in [-0.2, 0) is 28.5 Å². The topological polar surface area (TPSA) is 172 Å². The van der Waals surface area contributed by atoms with E-state index in [0.717, 1.165) is 5.57 Å². The molecule has 3 aliphatic rings. The normalized spacial score (nSPS) is 34.6. The fraction of sp³-hybridized carbons (Fsp3) is 0.610. The van der Waals surface area contributed by atoms with Gasteiger partial charge in [0.05, 0.1) is 42.5 Å². The van der Waals surface area contributed by atoms with Gasteiger partial charge in [-0.05, 0) is 44.1 Å². The summed E-state index contributed by atoms with van der Waals surface area (Å²) in [6.45, 7) is 12.7. The van der Waals surface area contributed by atoms with E-state index in [-0.39, 0.29) is 32.0 Å². The third-order valence-corrected chi connectivity index (χ3v) is 9.98. The van der Waals surface area contributed by atoms with Crippen molar-refractivity contribution in [1.82, 2.24) is 0 Å². The maximum Gasteiger partial charge on any atom is 0.335 e. The Balaban J connectivity index is 1.72. The first-order valence-electron chi connectivity index (χ1n) is 18.3. The van der Waals surface area contributed by atoms with E-state index in [1.54, 1.807) is 44.2 Å². The van der Waals surface area contributed by atoms with Gasteiger partial charge in [-0.3, -0.25) is 0 Å². The molecule has 0 aromatic carbocycles. The summed E-state index contributed by atoms with van der Waals surface area (Å²) in [6, 6.07) is 0. The molecular weight excluding hydrogens is 668 g/mol. The Morgan fingerprint density at radius 1 is 1.10 bits per heavy atom. The van der Waals surface area contributed by atoms with Crippen molar-refractivity contribution in [3.63, 3.8) is 0 Å². The Morgan fingerprint density at radius 3 is 2.56 bits per heavy atom. The summed E-state index contributed by atoms with van der Waals surface area (Å²) in [5.74, 6) is -3.57. The highest BCUT2D eigenvalue weighted by Gasteiger charge is 2.49. The zero-order valence-corrected chi connectivity index (χ0v) is 31.3. The molecule has 3 rings (SSSR count). The lowest BCUT2D eigenvalue weighted by Gasteiger charge is -2.47. The number of fused-ring (bicyclic) bond motifs is 4. The molecule has 290 valence electrons. The summed E-state index contributed by atoms with van der Waals surface area (Å²) in [6.07, 6.45) is 16.8. The SMILES string of the molecule is C=C(COC(=O)C(O)C/C=C\C[C@@H]1O[C@@H]2/C=C/C/C=C/C(C)=C\[C@H]3O[C@@H](C/C=C/C=C/C(=O)O[C@H](C2)[C@@]1(C)CO)CC(O)(O)[C@@H]3C)C(O)CC(C)C. The summed E-state index contributed by atoms with van der Waals surface area (Å²) in [4.78, 5) is 25.3. The van der Waals surface area contributed by atoms with E-state index in [1.165, 1.54) is 6.08 Å². The molecule has 2 saturated heterocycles. The molecule has 0 aromatic heterocycles. The van der Waals surface area contributed by atoms with Crippen molar-refractivity contribution in [2.24, 2.45) is 17.3 Å². The minimum atomic E-state index is -1.88. The van der Waals surface area contributed by atoms with E-state index in [2.05, 4.69) is 6.58 Å². The van der Waals surface area contributed by atoms with Crippen molar-refractivity contribution in [3.05, 3.63) is 84.6 Å². The number of allylic oxidation sites excluding steroid dienone is 6. The van der Waals surface area contributed by atoms with Gasteiger partial charge in [0, 0.05) is 31.3 Å².